The SMILES string of the molecule is CCC1c2ccsc2CCN1C(=O)c1cc([N+](=O)[O-])cc([N+](=O)[O-])c1. The number of fused-ring (bicyclic) bond motifs is 1. The Morgan fingerprint density at radius 3 is 2.44 bits per heavy atom. The summed E-state index contributed by atoms with van der Waals surface area (Å²) >= 11 is 1.65. The minimum atomic E-state index is -0.728. The van der Waals surface area contributed by atoms with Gasteiger partial charge in [-0.25, -0.2) is 0 Å². The Kier molecular flexibility index (Phi) is 4.49. The van der Waals surface area contributed by atoms with E-state index < -0.39 is 27.1 Å². The molecule has 0 radical (unpaired) electrons. The van der Waals surface area contributed by atoms with Crippen LogP contribution in [-0.4, -0.2) is 27.2 Å². The van der Waals surface area contributed by atoms with E-state index in [1.54, 1.807) is 16.2 Å². The molecule has 1 amide bonds. The highest BCUT2D eigenvalue weighted by atomic mass is 32.1. The summed E-state index contributed by atoms with van der Waals surface area (Å²) in [5.74, 6) is -0.421. The number of nitrogens with zero attached hydrogens (tertiary/aromatic N) is 3. The van der Waals surface area contributed by atoms with Gasteiger partial charge in [0.1, 0.15) is 0 Å². The molecule has 25 heavy (non-hydrogen) atoms. The third-order valence-electron chi connectivity index (χ3n) is 4.31. The van der Waals surface area contributed by atoms with Gasteiger partial charge in [-0.1, -0.05) is 6.92 Å². The van der Waals surface area contributed by atoms with Crippen LogP contribution in [-0.2, 0) is 6.42 Å². The molecular weight excluding hydrogens is 346 g/mol. The number of hydrogen-bond acceptors (Lipinski definition) is 6. The Hall–Kier alpha value is -2.81. The van der Waals surface area contributed by atoms with Crippen molar-refractivity contribution < 1.29 is 14.6 Å². The second-order valence-corrected chi connectivity index (χ2v) is 6.72. The normalized spacial score (nSPS) is 16.4. The minimum absolute atomic E-state index is 0.0296. The van der Waals surface area contributed by atoms with E-state index in [0.29, 0.717) is 19.4 Å². The van der Waals surface area contributed by atoms with Crippen molar-refractivity contribution >= 4 is 28.6 Å². The lowest BCUT2D eigenvalue weighted by atomic mass is 9.96. The van der Waals surface area contributed by atoms with E-state index in [2.05, 4.69) is 0 Å². The number of carbonyl (C=O) groups is 1. The standard InChI is InChI=1S/C16H15N3O5S/c1-2-14-13-4-6-25-15(13)3-5-17(14)16(20)10-7-11(18(21)22)9-12(8-10)19(23)24/h4,6-9,14H,2-3,5H2,1H3. The van der Waals surface area contributed by atoms with Crippen molar-refractivity contribution in [2.75, 3.05) is 6.54 Å². The first kappa shape index (κ1) is 17.0. The average Bonchev–Trinajstić information content (AvgIpc) is 3.08. The summed E-state index contributed by atoms with van der Waals surface area (Å²) in [6, 6.07) is 4.93. The molecule has 130 valence electrons. The number of rotatable bonds is 4. The highest BCUT2D eigenvalue weighted by molar-refractivity contribution is 7.10. The number of nitro groups is 2. The lowest BCUT2D eigenvalue weighted by Gasteiger charge is -2.35. The van der Waals surface area contributed by atoms with Gasteiger partial charge in [0.2, 0.25) is 0 Å². The van der Waals surface area contributed by atoms with Crippen LogP contribution in [0.3, 0.4) is 0 Å². The van der Waals surface area contributed by atoms with Crippen LogP contribution in [0.5, 0.6) is 0 Å². The maximum Gasteiger partial charge on any atom is 0.277 e. The molecule has 0 aliphatic carbocycles. The molecule has 0 spiro atoms. The molecule has 1 aromatic carbocycles. The van der Waals surface area contributed by atoms with Crippen LogP contribution in [0.25, 0.3) is 0 Å². The van der Waals surface area contributed by atoms with E-state index in [0.717, 1.165) is 23.8 Å². The fourth-order valence-corrected chi connectivity index (χ4v) is 4.10. The van der Waals surface area contributed by atoms with Crippen molar-refractivity contribution in [1.29, 1.82) is 0 Å². The number of hydrogen-bond donors (Lipinski definition) is 0. The van der Waals surface area contributed by atoms with E-state index in [1.807, 2.05) is 18.4 Å². The molecule has 9 heteroatoms. The quantitative estimate of drug-likeness (QED) is 0.609. The Labute approximate surface area is 147 Å². The summed E-state index contributed by atoms with van der Waals surface area (Å²) in [6.45, 7) is 2.45. The molecule has 1 aliphatic rings. The molecule has 0 fully saturated rings. The van der Waals surface area contributed by atoms with Gasteiger partial charge in [-0.05, 0) is 29.9 Å². The van der Waals surface area contributed by atoms with E-state index in [9.17, 15) is 25.0 Å². The van der Waals surface area contributed by atoms with E-state index >= 15 is 0 Å². The van der Waals surface area contributed by atoms with Crippen LogP contribution < -0.4 is 0 Å². The van der Waals surface area contributed by atoms with Gasteiger partial charge in [-0.3, -0.25) is 25.0 Å². The lowest BCUT2D eigenvalue weighted by molar-refractivity contribution is -0.394. The zero-order valence-electron chi connectivity index (χ0n) is 13.4. The highest BCUT2D eigenvalue weighted by Crippen LogP contribution is 2.36. The van der Waals surface area contributed by atoms with Crippen molar-refractivity contribution in [2.24, 2.45) is 0 Å². The summed E-state index contributed by atoms with van der Waals surface area (Å²) in [5, 5.41) is 24.1. The number of carbonyl (C=O) groups excluding carboxylic acids is 1. The third kappa shape index (κ3) is 3.10. The molecule has 0 saturated heterocycles. The maximum atomic E-state index is 12.9. The maximum absolute atomic E-state index is 12.9. The summed E-state index contributed by atoms with van der Waals surface area (Å²) in [7, 11) is 0. The molecule has 2 aromatic rings. The van der Waals surface area contributed by atoms with Crippen LogP contribution >= 0.6 is 11.3 Å². The van der Waals surface area contributed by atoms with Crippen LogP contribution in [0.4, 0.5) is 11.4 Å². The predicted octanol–water partition coefficient (Wildman–Crippen LogP) is 3.71. The Morgan fingerprint density at radius 2 is 1.88 bits per heavy atom. The number of non-ortho nitro benzene ring substituents is 2. The molecule has 3 rings (SSSR count). The van der Waals surface area contributed by atoms with Crippen LogP contribution in [0.2, 0.25) is 0 Å². The lowest BCUT2D eigenvalue weighted by Crippen LogP contribution is -2.39. The van der Waals surface area contributed by atoms with Gasteiger partial charge in [0.05, 0.1) is 27.5 Å². The topological polar surface area (TPSA) is 107 Å². The summed E-state index contributed by atoms with van der Waals surface area (Å²) < 4.78 is 0. The average molecular weight is 361 g/mol. The fourth-order valence-electron chi connectivity index (χ4n) is 3.17. The highest BCUT2D eigenvalue weighted by Gasteiger charge is 2.32. The zero-order chi connectivity index (χ0) is 18.1. The zero-order valence-corrected chi connectivity index (χ0v) is 14.2. The molecule has 0 saturated carbocycles. The van der Waals surface area contributed by atoms with Gasteiger partial charge in [0.15, 0.2) is 0 Å². The second-order valence-electron chi connectivity index (χ2n) is 5.72. The monoisotopic (exact) mass is 361 g/mol. The number of benzene rings is 1. The Bertz CT molecular complexity index is 831. The van der Waals surface area contributed by atoms with Crippen LogP contribution in [0.1, 0.15) is 40.2 Å². The van der Waals surface area contributed by atoms with Gasteiger partial charge in [0.25, 0.3) is 17.3 Å². The first-order valence-electron chi connectivity index (χ1n) is 7.73. The third-order valence-corrected chi connectivity index (χ3v) is 5.31. The van der Waals surface area contributed by atoms with Gasteiger partial charge in [-0.15, -0.1) is 11.3 Å². The first-order valence-corrected chi connectivity index (χ1v) is 8.61. The van der Waals surface area contributed by atoms with Crippen molar-refractivity contribution in [1.82, 2.24) is 4.90 Å². The van der Waals surface area contributed by atoms with E-state index in [4.69, 9.17) is 0 Å². The summed E-state index contributed by atoms with van der Waals surface area (Å²) in [4.78, 5) is 36.4. The van der Waals surface area contributed by atoms with Crippen molar-refractivity contribution in [3.05, 3.63) is 65.9 Å². The molecule has 1 aliphatic heterocycles. The fraction of sp³-hybridized carbons (Fsp3) is 0.312. The number of amides is 1. The van der Waals surface area contributed by atoms with Crippen molar-refractivity contribution in [3.63, 3.8) is 0 Å². The van der Waals surface area contributed by atoms with E-state index in [1.165, 1.54) is 4.88 Å². The van der Waals surface area contributed by atoms with Crippen molar-refractivity contribution in [2.45, 2.75) is 25.8 Å². The molecule has 1 unspecified atom stereocenters. The van der Waals surface area contributed by atoms with Gasteiger partial charge >= 0.3 is 0 Å². The Balaban J connectivity index is 2.00. The summed E-state index contributed by atoms with van der Waals surface area (Å²) in [5.41, 5.74) is 0.141. The van der Waals surface area contributed by atoms with Gasteiger partial charge in [-0.2, -0.15) is 0 Å². The molecule has 1 aromatic heterocycles. The van der Waals surface area contributed by atoms with Gasteiger partial charge in [0, 0.05) is 23.6 Å². The Morgan fingerprint density at radius 1 is 1.24 bits per heavy atom. The smallest absolute Gasteiger partial charge is 0.277 e. The minimum Gasteiger partial charge on any atom is -0.331 e. The molecule has 2 heterocycles. The molecule has 0 bridgehead atoms. The van der Waals surface area contributed by atoms with Gasteiger partial charge < -0.3 is 4.90 Å². The van der Waals surface area contributed by atoms with Crippen LogP contribution in [0.15, 0.2) is 29.6 Å². The van der Waals surface area contributed by atoms with E-state index in [-0.39, 0.29) is 11.6 Å². The largest absolute Gasteiger partial charge is 0.331 e. The molecule has 0 N–H and O–H groups in total. The molecule has 1 atom stereocenters. The first-order chi connectivity index (χ1) is 11.9. The predicted molar refractivity (Wildman–Crippen MR) is 91.8 cm³/mol. The number of thiophene rings is 1. The van der Waals surface area contributed by atoms with Crippen LogP contribution in [0, 0.1) is 20.2 Å². The molecule has 8 nitrogen and oxygen atoms in total. The second kappa shape index (κ2) is 6.60. The molecular formula is C16H15N3O5S. The van der Waals surface area contributed by atoms with Crippen molar-refractivity contribution in [3.8, 4) is 0 Å². The summed E-state index contributed by atoms with van der Waals surface area (Å²) in [6.07, 6.45) is 1.42. The number of nitro benzene ring substituents is 2.